The van der Waals surface area contributed by atoms with Crippen molar-refractivity contribution < 1.29 is 18.8 Å². The van der Waals surface area contributed by atoms with Gasteiger partial charge < -0.3 is 18.9 Å². The molecule has 1 amide bonds. The van der Waals surface area contributed by atoms with E-state index in [2.05, 4.69) is 15.0 Å². The van der Waals surface area contributed by atoms with Crippen LogP contribution in [0, 0.1) is 0 Å². The zero-order valence-electron chi connectivity index (χ0n) is 13.6. The summed E-state index contributed by atoms with van der Waals surface area (Å²) in [6.45, 7) is 4.34. The molecule has 1 aromatic rings. The van der Waals surface area contributed by atoms with Crippen LogP contribution in [0.1, 0.15) is 31.0 Å². The van der Waals surface area contributed by atoms with E-state index in [0.717, 1.165) is 25.8 Å². The molecule has 0 aliphatic carbocycles. The van der Waals surface area contributed by atoms with Crippen LogP contribution < -0.4 is 0 Å². The van der Waals surface area contributed by atoms with Gasteiger partial charge in [0.2, 0.25) is 11.8 Å². The second-order valence-electron chi connectivity index (χ2n) is 5.96. The van der Waals surface area contributed by atoms with E-state index in [9.17, 15) is 4.79 Å². The topological polar surface area (TPSA) is 80.9 Å². The Bertz CT molecular complexity index is 515. The third-order valence-electron chi connectivity index (χ3n) is 4.34. The molecule has 0 N–H and O–H groups in total. The fraction of sp³-hybridized carbons (Fsp3) is 0.800. The summed E-state index contributed by atoms with van der Waals surface area (Å²) < 4.78 is 15.6. The van der Waals surface area contributed by atoms with E-state index in [4.69, 9.17) is 14.0 Å². The molecule has 2 fully saturated rings. The highest BCUT2D eigenvalue weighted by Crippen LogP contribution is 2.21. The van der Waals surface area contributed by atoms with Crippen molar-refractivity contribution in [3.63, 3.8) is 0 Å². The number of rotatable bonds is 5. The smallest absolute Gasteiger partial charge is 0.240 e. The molecular formula is C15H24N4O4. The second kappa shape index (κ2) is 7.85. The van der Waals surface area contributed by atoms with Gasteiger partial charge in [0.25, 0.3) is 0 Å². The summed E-state index contributed by atoms with van der Waals surface area (Å²) in [5, 5.41) is 3.88. The van der Waals surface area contributed by atoms with Gasteiger partial charge in [0, 0.05) is 20.2 Å². The normalized spacial score (nSPS) is 23.2. The Morgan fingerprint density at radius 1 is 1.30 bits per heavy atom. The first-order valence-electron chi connectivity index (χ1n) is 8.19. The van der Waals surface area contributed by atoms with Gasteiger partial charge in [-0.1, -0.05) is 11.6 Å². The van der Waals surface area contributed by atoms with Gasteiger partial charge in [-0.2, -0.15) is 4.98 Å². The first-order chi connectivity index (χ1) is 11.3. The van der Waals surface area contributed by atoms with E-state index in [1.807, 2.05) is 4.90 Å². The van der Waals surface area contributed by atoms with Crippen LogP contribution in [0.5, 0.6) is 0 Å². The number of morpholine rings is 1. The third-order valence-corrected chi connectivity index (χ3v) is 4.34. The van der Waals surface area contributed by atoms with Crippen molar-refractivity contribution >= 4 is 5.91 Å². The summed E-state index contributed by atoms with van der Waals surface area (Å²) in [5.41, 5.74) is 0. The van der Waals surface area contributed by atoms with Gasteiger partial charge in [0.05, 0.1) is 25.8 Å². The fourth-order valence-corrected chi connectivity index (χ4v) is 3.17. The molecule has 0 radical (unpaired) electrons. The highest BCUT2D eigenvalue weighted by atomic mass is 16.5. The lowest BCUT2D eigenvalue weighted by atomic mass is 10.0. The zero-order chi connectivity index (χ0) is 16.1. The number of hydrogen-bond donors (Lipinski definition) is 0. The van der Waals surface area contributed by atoms with Gasteiger partial charge >= 0.3 is 0 Å². The monoisotopic (exact) mass is 324 g/mol. The van der Waals surface area contributed by atoms with Gasteiger partial charge in [-0.25, -0.2) is 0 Å². The Morgan fingerprint density at radius 2 is 2.13 bits per heavy atom. The van der Waals surface area contributed by atoms with E-state index in [-0.39, 0.29) is 11.9 Å². The maximum Gasteiger partial charge on any atom is 0.240 e. The molecule has 3 heterocycles. The summed E-state index contributed by atoms with van der Waals surface area (Å²) in [6.07, 6.45) is 3.05. The highest BCUT2D eigenvalue weighted by Gasteiger charge is 2.33. The summed E-state index contributed by atoms with van der Waals surface area (Å²) in [5.74, 6) is 1.28. The molecule has 0 unspecified atom stereocenters. The van der Waals surface area contributed by atoms with Gasteiger partial charge in [-0.3, -0.25) is 9.69 Å². The molecule has 1 aromatic heterocycles. The number of methoxy groups -OCH3 is 1. The van der Waals surface area contributed by atoms with Crippen LogP contribution in [-0.4, -0.2) is 71.8 Å². The summed E-state index contributed by atoms with van der Waals surface area (Å²) in [4.78, 5) is 21.2. The lowest BCUT2D eigenvalue weighted by Gasteiger charge is -2.38. The minimum Gasteiger partial charge on any atom is -0.378 e. The predicted octanol–water partition coefficient (Wildman–Crippen LogP) is 0.429. The number of ether oxygens (including phenoxy) is 2. The molecule has 23 heavy (non-hydrogen) atoms. The standard InChI is InChI=1S/C15H24N4O4/c1-21-11-13-16-14(23-17-13)10-19-5-3-2-4-12(19)15(20)18-6-8-22-9-7-18/h12H,2-11H2,1H3/t12-/m0/s1. The molecule has 8 nitrogen and oxygen atoms in total. The van der Waals surface area contributed by atoms with Crippen LogP contribution in [0.2, 0.25) is 0 Å². The summed E-state index contributed by atoms with van der Waals surface area (Å²) >= 11 is 0. The van der Waals surface area contributed by atoms with Crippen LogP contribution in [-0.2, 0) is 27.4 Å². The quantitative estimate of drug-likeness (QED) is 0.777. The van der Waals surface area contributed by atoms with Gasteiger partial charge in [-0.15, -0.1) is 0 Å². The molecule has 2 aliphatic rings. The van der Waals surface area contributed by atoms with E-state index >= 15 is 0 Å². The molecule has 2 aliphatic heterocycles. The molecular weight excluding hydrogens is 300 g/mol. The predicted molar refractivity (Wildman–Crippen MR) is 80.5 cm³/mol. The number of hydrogen-bond acceptors (Lipinski definition) is 7. The highest BCUT2D eigenvalue weighted by molar-refractivity contribution is 5.82. The Balaban J connectivity index is 1.64. The number of aromatic nitrogens is 2. The molecule has 2 saturated heterocycles. The lowest BCUT2D eigenvalue weighted by molar-refractivity contribution is -0.142. The largest absolute Gasteiger partial charge is 0.378 e. The van der Waals surface area contributed by atoms with E-state index in [0.29, 0.717) is 51.2 Å². The third kappa shape index (κ3) is 4.07. The molecule has 8 heteroatoms. The van der Waals surface area contributed by atoms with Crippen LogP contribution in [0.25, 0.3) is 0 Å². The Kier molecular flexibility index (Phi) is 5.58. The van der Waals surface area contributed by atoms with E-state index in [1.54, 1.807) is 7.11 Å². The van der Waals surface area contributed by atoms with Crippen LogP contribution in [0.3, 0.4) is 0 Å². The van der Waals surface area contributed by atoms with Crippen molar-refractivity contribution in [2.24, 2.45) is 0 Å². The Hall–Kier alpha value is -1.51. The summed E-state index contributed by atoms with van der Waals surface area (Å²) in [6, 6.07) is -0.0976. The van der Waals surface area contributed by atoms with Crippen molar-refractivity contribution in [1.82, 2.24) is 19.9 Å². The van der Waals surface area contributed by atoms with Crippen molar-refractivity contribution in [2.75, 3.05) is 40.0 Å². The SMILES string of the molecule is COCc1noc(CN2CCCC[C@H]2C(=O)N2CCOCC2)n1. The molecule has 128 valence electrons. The maximum absolute atomic E-state index is 12.8. The Labute approximate surface area is 135 Å². The molecule has 1 atom stereocenters. The number of carbonyl (C=O) groups is 1. The summed E-state index contributed by atoms with van der Waals surface area (Å²) in [7, 11) is 1.59. The average molecular weight is 324 g/mol. The first kappa shape index (κ1) is 16.4. The molecule has 0 bridgehead atoms. The van der Waals surface area contributed by atoms with E-state index < -0.39 is 0 Å². The lowest BCUT2D eigenvalue weighted by Crippen LogP contribution is -2.53. The van der Waals surface area contributed by atoms with Crippen molar-refractivity contribution in [3.8, 4) is 0 Å². The zero-order valence-corrected chi connectivity index (χ0v) is 13.6. The number of likely N-dealkylation sites (tertiary alicyclic amines) is 1. The molecule has 0 saturated carbocycles. The number of piperidine rings is 1. The van der Waals surface area contributed by atoms with Crippen molar-refractivity contribution in [3.05, 3.63) is 11.7 Å². The number of carbonyl (C=O) groups excluding carboxylic acids is 1. The molecule has 0 spiro atoms. The maximum atomic E-state index is 12.8. The Morgan fingerprint density at radius 3 is 2.91 bits per heavy atom. The van der Waals surface area contributed by atoms with Gasteiger partial charge in [0.15, 0.2) is 5.82 Å². The van der Waals surface area contributed by atoms with Gasteiger partial charge in [0.1, 0.15) is 6.61 Å². The fourth-order valence-electron chi connectivity index (χ4n) is 3.17. The van der Waals surface area contributed by atoms with Crippen LogP contribution >= 0.6 is 0 Å². The minimum atomic E-state index is -0.0976. The van der Waals surface area contributed by atoms with Gasteiger partial charge in [-0.05, 0) is 19.4 Å². The van der Waals surface area contributed by atoms with Crippen LogP contribution in [0.15, 0.2) is 4.52 Å². The van der Waals surface area contributed by atoms with Crippen molar-refractivity contribution in [1.29, 1.82) is 0 Å². The first-order valence-corrected chi connectivity index (χ1v) is 8.19. The van der Waals surface area contributed by atoms with Crippen LogP contribution in [0.4, 0.5) is 0 Å². The second-order valence-corrected chi connectivity index (χ2v) is 5.96. The number of amides is 1. The number of nitrogens with zero attached hydrogens (tertiary/aromatic N) is 4. The minimum absolute atomic E-state index is 0.0976. The average Bonchev–Trinajstić information content (AvgIpc) is 3.03. The molecule has 3 rings (SSSR count). The molecule has 0 aromatic carbocycles. The van der Waals surface area contributed by atoms with Crippen molar-refractivity contribution in [2.45, 2.75) is 38.5 Å². The van der Waals surface area contributed by atoms with E-state index in [1.165, 1.54) is 0 Å².